The van der Waals surface area contributed by atoms with E-state index < -0.39 is 49.9 Å². The zero-order valence-corrected chi connectivity index (χ0v) is 10.2. The van der Waals surface area contributed by atoms with Crippen molar-refractivity contribution in [2.75, 3.05) is 13.5 Å². The molecule has 0 aromatic heterocycles. The molecule has 23 heavy (non-hydrogen) atoms. The van der Waals surface area contributed by atoms with E-state index in [1.807, 2.05) is 0 Å². The second-order valence-electron chi connectivity index (χ2n) is 3.73. The van der Waals surface area contributed by atoms with E-state index in [1.54, 1.807) is 4.74 Å². The third kappa shape index (κ3) is 3.92. The molecule has 0 spiro atoms. The van der Waals surface area contributed by atoms with Crippen LogP contribution in [0.15, 0.2) is 0 Å². The van der Waals surface area contributed by atoms with Gasteiger partial charge in [-0.05, 0) is 0 Å². The van der Waals surface area contributed by atoms with Crippen LogP contribution >= 0.6 is 0 Å². The SMILES string of the molecule is FCOC(F)(F)C(F)(OC(F)(F)C(F)(F)C(F)CF)C(F)(F)F. The molecular formula is C8H5F13O2. The minimum absolute atomic E-state index is 1.77. The van der Waals surface area contributed by atoms with Gasteiger partial charge in [0.1, 0.15) is 6.67 Å². The lowest BCUT2D eigenvalue weighted by Crippen LogP contribution is -2.64. The van der Waals surface area contributed by atoms with E-state index in [9.17, 15) is 57.1 Å². The van der Waals surface area contributed by atoms with Gasteiger partial charge in [0.25, 0.3) is 0 Å². The highest BCUT2D eigenvalue weighted by molar-refractivity contribution is 4.93. The maximum Gasteiger partial charge on any atom is 0.458 e. The van der Waals surface area contributed by atoms with Gasteiger partial charge in [-0.25, -0.2) is 13.2 Å². The van der Waals surface area contributed by atoms with E-state index >= 15 is 0 Å². The Balaban J connectivity index is 5.92. The first kappa shape index (κ1) is 22.0. The predicted octanol–water partition coefficient (Wildman–Crippen LogP) is 4.30. The fourth-order valence-electron chi connectivity index (χ4n) is 0.968. The first-order valence-corrected chi connectivity index (χ1v) is 4.99. The van der Waals surface area contributed by atoms with Gasteiger partial charge in [-0.3, -0.25) is 9.47 Å². The summed E-state index contributed by atoms with van der Waals surface area (Å²) in [7, 11) is 0. The molecule has 2 nitrogen and oxygen atoms in total. The van der Waals surface area contributed by atoms with Crippen molar-refractivity contribution in [1.82, 2.24) is 0 Å². The van der Waals surface area contributed by atoms with Gasteiger partial charge in [-0.2, -0.15) is 43.9 Å². The molecule has 0 rings (SSSR count). The molecule has 15 heteroatoms. The van der Waals surface area contributed by atoms with Crippen LogP contribution in [0.25, 0.3) is 0 Å². The number of rotatable bonds is 8. The predicted molar refractivity (Wildman–Crippen MR) is 43.8 cm³/mol. The molecule has 2 atom stereocenters. The van der Waals surface area contributed by atoms with Crippen LogP contribution in [0.3, 0.4) is 0 Å². The second-order valence-corrected chi connectivity index (χ2v) is 3.73. The lowest BCUT2D eigenvalue weighted by Gasteiger charge is -2.37. The largest absolute Gasteiger partial charge is 0.458 e. The molecule has 0 saturated heterocycles. The molecule has 2 unspecified atom stereocenters. The van der Waals surface area contributed by atoms with Gasteiger partial charge in [0.15, 0.2) is 6.86 Å². The maximum absolute atomic E-state index is 13.2. The monoisotopic (exact) mass is 380 g/mol. The lowest BCUT2D eigenvalue weighted by molar-refractivity contribution is -0.523. The first-order chi connectivity index (χ1) is 10.00. The highest BCUT2D eigenvalue weighted by Crippen LogP contribution is 2.52. The van der Waals surface area contributed by atoms with Gasteiger partial charge >= 0.3 is 30.2 Å². The fourth-order valence-corrected chi connectivity index (χ4v) is 0.968. The zero-order valence-electron chi connectivity index (χ0n) is 10.2. The van der Waals surface area contributed by atoms with Crippen LogP contribution in [0.1, 0.15) is 0 Å². The summed E-state index contributed by atoms with van der Waals surface area (Å²) in [4.78, 5) is 0. The van der Waals surface area contributed by atoms with E-state index in [0.29, 0.717) is 0 Å². The van der Waals surface area contributed by atoms with Crippen LogP contribution in [0.5, 0.6) is 0 Å². The lowest BCUT2D eigenvalue weighted by atomic mass is 10.2. The topological polar surface area (TPSA) is 18.5 Å². The van der Waals surface area contributed by atoms with Crippen molar-refractivity contribution in [3.63, 3.8) is 0 Å². The van der Waals surface area contributed by atoms with Crippen molar-refractivity contribution in [2.45, 2.75) is 36.3 Å². The highest BCUT2D eigenvalue weighted by Gasteiger charge is 2.80. The van der Waals surface area contributed by atoms with Crippen molar-refractivity contribution in [2.24, 2.45) is 0 Å². The van der Waals surface area contributed by atoms with Gasteiger partial charge in [0.2, 0.25) is 6.17 Å². The normalized spacial score (nSPS) is 18.7. The highest BCUT2D eigenvalue weighted by atomic mass is 19.4. The van der Waals surface area contributed by atoms with Gasteiger partial charge in [0.05, 0.1) is 0 Å². The number of hydrogen-bond donors (Lipinski definition) is 0. The van der Waals surface area contributed by atoms with E-state index in [-0.39, 0.29) is 0 Å². The van der Waals surface area contributed by atoms with E-state index in [2.05, 4.69) is 4.74 Å². The van der Waals surface area contributed by atoms with Crippen molar-refractivity contribution >= 4 is 0 Å². The Morgan fingerprint density at radius 3 is 1.48 bits per heavy atom. The maximum atomic E-state index is 13.2. The summed E-state index contributed by atoms with van der Waals surface area (Å²) in [5, 5.41) is 0. The summed E-state index contributed by atoms with van der Waals surface area (Å²) >= 11 is 0. The molecule has 0 amide bonds. The van der Waals surface area contributed by atoms with Crippen LogP contribution in [0, 0.1) is 0 Å². The average molecular weight is 380 g/mol. The number of hydrogen-bond acceptors (Lipinski definition) is 2. The fraction of sp³-hybridized carbons (Fsp3) is 1.00. The Labute approximate surface area is 118 Å². The summed E-state index contributed by atoms with van der Waals surface area (Å²) < 4.78 is 166. The molecule has 0 aromatic carbocycles. The van der Waals surface area contributed by atoms with Crippen LogP contribution in [0.4, 0.5) is 57.1 Å². The number of ether oxygens (including phenoxy) is 2. The zero-order chi connectivity index (χ0) is 18.9. The molecule has 0 aliphatic carbocycles. The Morgan fingerprint density at radius 2 is 1.17 bits per heavy atom. The van der Waals surface area contributed by atoms with Crippen LogP contribution < -0.4 is 0 Å². The van der Waals surface area contributed by atoms with Crippen LogP contribution in [-0.2, 0) is 9.47 Å². The smallest absolute Gasteiger partial charge is 0.284 e. The molecule has 0 N–H and O–H groups in total. The summed E-state index contributed by atoms with van der Waals surface area (Å²) in [6.07, 6.45) is -25.2. The number of halogens is 13. The molecule has 0 saturated carbocycles. The van der Waals surface area contributed by atoms with E-state index in [4.69, 9.17) is 0 Å². The Kier molecular flexibility index (Phi) is 6.21. The van der Waals surface area contributed by atoms with E-state index in [1.165, 1.54) is 0 Å². The average Bonchev–Trinajstić information content (AvgIpc) is 2.35. The van der Waals surface area contributed by atoms with Gasteiger partial charge in [-0.1, -0.05) is 0 Å². The molecule has 0 bridgehead atoms. The van der Waals surface area contributed by atoms with Crippen LogP contribution in [0.2, 0.25) is 0 Å². The molecule has 0 fully saturated rings. The van der Waals surface area contributed by atoms with Crippen LogP contribution in [-0.4, -0.2) is 49.9 Å². The molecule has 0 aliphatic rings. The van der Waals surface area contributed by atoms with Crippen molar-refractivity contribution in [1.29, 1.82) is 0 Å². The minimum atomic E-state index is -7.16. The molecule has 0 heterocycles. The summed E-state index contributed by atoms with van der Waals surface area (Å²) in [5.74, 6) is -13.5. The van der Waals surface area contributed by atoms with Gasteiger partial charge < -0.3 is 0 Å². The first-order valence-electron chi connectivity index (χ1n) is 4.99. The molecule has 0 aliphatic heterocycles. The Hall–Kier alpha value is -0.990. The Morgan fingerprint density at radius 1 is 0.739 bits per heavy atom. The molecule has 0 aromatic rings. The summed E-state index contributed by atoms with van der Waals surface area (Å²) in [6.45, 7) is -5.76. The second kappa shape index (κ2) is 6.49. The third-order valence-electron chi connectivity index (χ3n) is 2.16. The molecule has 140 valence electrons. The minimum Gasteiger partial charge on any atom is -0.284 e. The quantitative estimate of drug-likeness (QED) is 0.585. The van der Waals surface area contributed by atoms with Gasteiger partial charge in [-0.15, -0.1) is 0 Å². The Bertz CT molecular complexity index is 394. The molecule has 0 radical (unpaired) electrons. The van der Waals surface area contributed by atoms with Gasteiger partial charge in [0, 0.05) is 0 Å². The standard InChI is InChI=1S/C8H5F13O2/c9-1-3(11)4(12,13)7(18,19)23-5(14,6(15,16)17)8(20,21)22-2-10/h3H,1-2H2. The van der Waals surface area contributed by atoms with E-state index in [0.717, 1.165) is 0 Å². The van der Waals surface area contributed by atoms with Crippen molar-refractivity contribution in [3.05, 3.63) is 0 Å². The summed E-state index contributed by atoms with van der Waals surface area (Å²) in [6, 6.07) is 0. The molecular weight excluding hydrogens is 375 g/mol. The summed E-state index contributed by atoms with van der Waals surface area (Å²) in [5.41, 5.74) is 0. The third-order valence-corrected chi connectivity index (χ3v) is 2.16. The number of alkyl halides is 13. The van der Waals surface area contributed by atoms with Crippen molar-refractivity contribution < 1.29 is 66.5 Å². The van der Waals surface area contributed by atoms with Crippen molar-refractivity contribution in [3.8, 4) is 0 Å².